The molecule has 0 unspecified atom stereocenters. The molecule has 1 aliphatic rings. The minimum absolute atomic E-state index is 0.0482. The topological polar surface area (TPSA) is 105 Å². The van der Waals surface area contributed by atoms with Gasteiger partial charge in [0.15, 0.2) is 0 Å². The van der Waals surface area contributed by atoms with Crippen LogP contribution < -0.4 is 14.8 Å². The van der Waals surface area contributed by atoms with Gasteiger partial charge in [0.05, 0.1) is 28.8 Å². The maximum atomic E-state index is 13.1. The molecule has 0 saturated carbocycles. The fraction of sp³-hybridized carbons (Fsp3) is 0.391. The van der Waals surface area contributed by atoms with Crippen LogP contribution in [-0.2, 0) is 10.0 Å². The molecule has 0 bridgehead atoms. The van der Waals surface area contributed by atoms with Crippen LogP contribution in [0.4, 0.5) is 5.69 Å². The first kappa shape index (κ1) is 23.6. The lowest BCUT2D eigenvalue weighted by atomic mass is 10.1. The van der Waals surface area contributed by atoms with Crippen LogP contribution in [0, 0.1) is 0 Å². The highest BCUT2D eigenvalue weighted by Crippen LogP contribution is 2.27. The molecule has 3 rings (SSSR count). The maximum Gasteiger partial charge on any atom is 0.261 e. The summed E-state index contributed by atoms with van der Waals surface area (Å²) in [6, 6.07) is 10.5. The monoisotopic (exact) mass is 459 g/mol. The highest BCUT2D eigenvalue weighted by atomic mass is 32.2. The van der Waals surface area contributed by atoms with Gasteiger partial charge in [0.1, 0.15) is 5.75 Å². The zero-order valence-corrected chi connectivity index (χ0v) is 19.4. The molecule has 1 fully saturated rings. The third kappa shape index (κ3) is 5.21. The van der Waals surface area contributed by atoms with Gasteiger partial charge in [-0.2, -0.15) is 0 Å². The molecule has 9 heteroatoms. The fourth-order valence-corrected chi connectivity index (χ4v) is 4.59. The third-order valence-corrected chi connectivity index (χ3v) is 6.87. The third-order valence-electron chi connectivity index (χ3n) is 5.51. The number of benzene rings is 2. The molecule has 0 aromatic heterocycles. The van der Waals surface area contributed by atoms with Crippen molar-refractivity contribution in [3.63, 3.8) is 0 Å². The summed E-state index contributed by atoms with van der Waals surface area (Å²) in [7, 11) is -2.63. The number of amides is 2. The van der Waals surface area contributed by atoms with Gasteiger partial charge in [-0.3, -0.25) is 14.3 Å². The number of methoxy groups -OCH3 is 1. The van der Waals surface area contributed by atoms with E-state index in [2.05, 4.69) is 10.0 Å². The van der Waals surface area contributed by atoms with E-state index < -0.39 is 10.0 Å². The molecule has 0 radical (unpaired) electrons. The van der Waals surface area contributed by atoms with Gasteiger partial charge >= 0.3 is 0 Å². The lowest BCUT2D eigenvalue weighted by molar-refractivity contribution is 0.0788. The van der Waals surface area contributed by atoms with E-state index in [4.69, 9.17) is 4.74 Å². The Morgan fingerprint density at radius 1 is 1.09 bits per heavy atom. The molecule has 0 aliphatic carbocycles. The van der Waals surface area contributed by atoms with E-state index in [-0.39, 0.29) is 39.6 Å². The number of nitrogens with zero attached hydrogens (tertiary/aromatic N) is 1. The molecule has 1 atom stereocenters. The molecular weight excluding hydrogens is 430 g/mol. The second-order valence-electron chi connectivity index (χ2n) is 7.80. The van der Waals surface area contributed by atoms with Crippen LogP contribution in [0.3, 0.4) is 0 Å². The van der Waals surface area contributed by atoms with Crippen molar-refractivity contribution < 1.29 is 22.7 Å². The van der Waals surface area contributed by atoms with E-state index in [1.807, 2.05) is 13.8 Å². The van der Waals surface area contributed by atoms with Gasteiger partial charge in [-0.05, 0) is 56.5 Å². The molecule has 8 nitrogen and oxygen atoms in total. The Kier molecular flexibility index (Phi) is 7.40. The van der Waals surface area contributed by atoms with Crippen molar-refractivity contribution >= 4 is 27.5 Å². The van der Waals surface area contributed by atoms with E-state index >= 15 is 0 Å². The molecule has 2 aromatic carbocycles. The fourth-order valence-electron chi connectivity index (χ4n) is 3.49. The average Bonchev–Trinajstić information content (AvgIpc) is 3.33. The van der Waals surface area contributed by atoms with E-state index in [9.17, 15) is 18.0 Å². The summed E-state index contributed by atoms with van der Waals surface area (Å²) < 4.78 is 34.1. The summed E-state index contributed by atoms with van der Waals surface area (Å²) in [5.41, 5.74) is 0.579. The first-order valence-electron chi connectivity index (χ1n) is 10.7. The Balaban J connectivity index is 1.92. The number of carbonyl (C=O) groups is 2. The predicted octanol–water partition coefficient (Wildman–Crippen LogP) is 3.26. The molecule has 172 valence electrons. The molecule has 1 saturated heterocycles. The Labute approximate surface area is 189 Å². The summed E-state index contributed by atoms with van der Waals surface area (Å²) in [6.07, 6.45) is 2.59. The van der Waals surface area contributed by atoms with E-state index in [1.54, 1.807) is 23.1 Å². The van der Waals surface area contributed by atoms with E-state index in [1.165, 1.54) is 31.4 Å². The molecular formula is C23H29N3O5S. The molecule has 2 amide bonds. The van der Waals surface area contributed by atoms with Crippen LogP contribution in [0.2, 0.25) is 0 Å². The van der Waals surface area contributed by atoms with Crippen LogP contribution in [0.5, 0.6) is 5.75 Å². The molecule has 2 N–H and O–H groups in total. The Morgan fingerprint density at radius 2 is 1.78 bits per heavy atom. The Hall–Kier alpha value is -3.07. The van der Waals surface area contributed by atoms with Crippen molar-refractivity contribution in [2.75, 3.05) is 24.9 Å². The number of hydrogen-bond acceptors (Lipinski definition) is 5. The van der Waals surface area contributed by atoms with Crippen LogP contribution in [0.1, 0.15) is 53.8 Å². The largest absolute Gasteiger partial charge is 0.496 e. The SMILES string of the molecule is CC[C@@H](C)NC(=O)c1ccccc1NS(=O)(=O)c1ccc(OC)c(C(=O)N2CCCC2)c1. The lowest BCUT2D eigenvalue weighted by Crippen LogP contribution is -2.32. The van der Waals surface area contributed by atoms with Crippen LogP contribution in [-0.4, -0.2) is 51.4 Å². The summed E-state index contributed by atoms with van der Waals surface area (Å²) in [5, 5.41) is 2.84. The molecule has 0 spiro atoms. The van der Waals surface area contributed by atoms with E-state index in [0.29, 0.717) is 18.8 Å². The standard InChI is InChI=1S/C23H29N3O5S/c1-4-16(2)24-22(27)18-9-5-6-10-20(18)25-32(29,30)17-11-12-21(31-3)19(15-17)23(28)26-13-7-8-14-26/h5-6,9-12,15-16,25H,4,7-8,13-14H2,1-3H3,(H,24,27)/t16-/m1/s1. The predicted molar refractivity (Wildman–Crippen MR) is 123 cm³/mol. The van der Waals surface area contributed by atoms with E-state index in [0.717, 1.165) is 19.3 Å². The number of nitrogens with one attached hydrogen (secondary N) is 2. The van der Waals surface area contributed by atoms with Crippen molar-refractivity contribution in [1.29, 1.82) is 0 Å². The average molecular weight is 460 g/mol. The molecule has 2 aromatic rings. The summed E-state index contributed by atoms with van der Waals surface area (Å²) in [5.74, 6) is -0.309. The zero-order valence-electron chi connectivity index (χ0n) is 18.6. The summed E-state index contributed by atoms with van der Waals surface area (Å²) in [4.78, 5) is 27.1. The highest BCUT2D eigenvalue weighted by Gasteiger charge is 2.26. The van der Waals surface area contributed by atoms with Crippen molar-refractivity contribution in [3.05, 3.63) is 53.6 Å². The molecule has 32 heavy (non-hydrogen) atoms. The first-order valence-corrected chi connectivity index (χ1v) is 12.1. The Morgan fingerprint density at radius 3 is 2.44 bits per heavy atom. The second-order valence-corrected chi connectivity index (χ2v) is 9.48. The Bertz CT molecular complexity index is 1090. The van der Waals surface area contributed by atoms with Crippen molar-refractivity contribution in [2.45, 2.75) is 44.0 Å². The van der Waals surface area contributed by atoms with Gasteiger partial charge in [-0.25, -0.2) is 8.42 Å². The maximum absolute atomic E-state index is 13.1. The van der Waals surface area contributed by atoms with Gasteiger partial charge in [-0.1, -0.05) is 19.1 Å². The minimum atomic E-state index is -4.06. The van der Waals surface area contributed by atoms with Gasteiger partial charge in [0.2, 0.25) is 0 Å². The number of likely N-dealkylation sites (tertiary alicyclic amines) is 1. The van der Waals surface area contributed by atoms with Gasteiger partial charge < -0.3 is 15.0 Å². The molecule has 1 heterocycles. The second kappa shape index (κ2) is 10.0. The number of rotatable bonds is 8. The lowest BCUT2D eigenvalue weighted by Gasteiger charge is -2.18. The first-order chi connectivity index (χ1) is 15.3. The summed E-state index contributed by atoms with van der Waals surface area (Å²) in [6.45, 7) is 5.09. The van der Waals surface area contributed by atoms with Crippen LogP contribution >= 0.6 is 0 Å². The smallest absolute Gasteiger partial charge is 0.261 e. The number of hydrogen-bond donors (Lipinski definition) is 2. The van der Waals surface area contributed by atoms with Crippen molar-refractivity contribution in [3.8, 4) is 5.75 Å². The van der Waals surface area contributed by atoms with Crippen molar-refractivity contribution in [2.24, 2.45) is 0 Å². The van der Waals surface area contributed by atoms with Crippen molar-refractivity contribution in [1.82, 2.24) is 10.2 Å². The molecule has 1 aliphatic heterocycles. The minimum Gasteiger partial charge on any atom is -0.496 e. The van der Waals surface area contributed by atoms with Gasteiger partial charge in [-0.15, -0.1) is 0 Å². The quantitative estimate of drug-likeness (QED) is 0.630. The van der Waals surface area contributed by atoms with Crippen LogP contribution in [0.25, 0.3) is 0 Å². The number of ether oxygens (including phenoxy) is 1. The number of sulfonamides is 1. The van der Waals surface area contributed by atoms with Gasteiger partial charge in [0, 0.05) is 19.1 Å². The van der Waals surface area contributed by atoms with Gasteiger partial charge in [0.25, 0.3) is 21.8 Å². The normalized spacial score (nSPS) is 14.7. The highest BCUT2D eigenvalue weighted by molar-refractivity contribution is 7.92. The number of para-hydroxylation sites is 1. The van der Waals surface area contributed by atoms with Crippen LogP contribution in [0.15, 0.2) is 47.4 Å². The number of carbonyl (C=O) groups excluding carboxylic acids is 2. The zero-order chi connectivity index (χ0) is 23.3. The summed E-state index contributed by atoms with van der Waals surface area (Å²) >= 11 is 0. The number of anilines is 1.